The number of hydrogen-bond acceptors (Lipinski definition) is 3. The van der Waals surface area contributed by atoms with Crippen LogP contribution in [0, 0.1) is 0 Å². The fraction of sp³-hybridized carbons (Fsp3) is 1.00. The standard InChI is InChI=1S/C11H23N3/c1-13-6-8-14(9-7-13)11-5-3-2-4-10(11)12/h10-11H,2-9,12H2,1H3/t10-,11-/m1/s1. The van der Waals surface area contributed by atoms with Gasteiger partial charge in [-0.1, -0.05) is 12.8 Å². The quantitative estimate of drug-likeness (QED) is 0.664. The first kappa shape index (κ1) is 10.4. The molecule has 0 aromatic carbocycles. The highest BCUT2D eigenvalue weighted by atomic mass is 15.3. The zero-order chi connectivity index (χ0) is 9.97. The molecule has 0 amide bonds. The smallest absolute Gasteiger partial charge is 0.0248 e. The Balaban J connectivity index is 1.87. The molecule has 1 aliphatic heterocycles. The summed E-state index contributed by atoms with van der Waals surface area (Å²) in [5, 5.41) is 0. The van der Waals surface area contributed by atoms with Gasteiger partial charge in [0.15, 0.2) is 0 Å². The van der Waals surface area contributed by atoms with Crippen molar-refractivity contribution < 1.29 is 0 Å². The predicted molar refractivity (Wildman–Crippen MR) is 59.3 cm³/mol. The Kier molecular flexibility index (Phi) is 3.42. The van der Waals surface area contributed by atoms with Gasteiger partial charge in [-0.25, -0.2) is 0 Å². The van der Waals surface area contributed by atoms with Crippen LogP contribution < -0.4 is 5.73 Å². The zero-order valence-corrected chi connectivity index (χ0v) is 9.28. The van der Waals surface area contributed by atoms with E-state index in [2.05, 4.69) is 16.8 Å². The van der Waals surface area contributed by atoms with Gasteiger partial charge in [0.1, 0.15) is 0 Å². The fourth-order valence-electron chi connectivity index (χ4n) is 2.75. The lowest BCUT2D eigenvalue weighted by molar-refractivity contribution is 0.0804. The lowest BCUT2D eigenvalue weighted by Gasteiger charge is -2.42. The van der Waals surface area contributed by atoms with E-state index < -0.39 is 0 Å². The maximum atomic E-state index is 6.19. The second-order valence-corrected chi connectivity index (χ2v) is 4.85. The van der Waals surface area contributed by atoms with Crippen molar-refractivity contribution in [3.8, 4) is 0 Å². The summed E-state index contributed by atoms with van der Waals surface area (Å²) >= 11 is 0. The number of rotatable bonds is 1. The summed E-state index contributed by atoms with van der Waals surface area (Å²) in [5.41, 5.74) is 6.19. The molecular weight excluding hydrogens is 174 g/mol. The Morgan fingerprint density at radius 3 is 2.29 bits per heavy atom. The molecule has 3 nitrogen and oxygen atoms in total. The van der Waals surface area contributed by atoms with Crippen LogP contribution in [0.25, 0.3) is 0 Å². The van der Waals surface area contributed by atoms with E-state index in [-0.39, 0.29) is 0 Å². The average molecular weight is 197 g/mol. The molecule has 2 atom stereocenters. The van der Waals surface area contributed by atoms with Crippen molar-refractivity contribution in [1.82, 2.24) is 9.80 Å². The van der Waals surface area contributed by atoms with Crippen LogP contribution in [0.1, 0.15) is 25.7 Å². The summed E-state index contributed by atoms with van der Waals surface area (Å²) in [4.78, 5) is 5.02. The minimum absolute atomic E-state index is 0.437. The lowest BCUT2D eigenvalue weighted by Crippen LogP contribution is -2.55. The number of hydrogen-bond donors (Lipinski definition) is 1. The minimum atomic E-state index is 0.437. The molecule has 2 rings (SSSR count). The molecule has 1 saturated heterocycles. The SMILES string of the molecule is CN1CCN([C@@H]2CCCC[C@H]2N)CC1. The molecule has 0 unspecified atom stereocenters. The predicted octanol–water partition coefficient (Wildman–Crippen LogP) is 0.504. The Morgan fingerprint density at radius 1 is 1.00 bits per heavy atom. The van der Waals surface area contributed by atoms with E-state index in [1.807, 2.05) is 0 Å². The zero-order valence-electron chi connectivity index (χ0n) is 9.28. The third-order valence-corrected chi connectivity index (χ3v) is 3.79. The molecule has 3 heteroatoms. The van der Waals surface area contributed by atoms with E-state index in [0.29, 0.717) is 12.1 Å². The monoisotopic (exact) mass is 197 g/mol. The maximum Gasteiger partial charge on any atom is 0.0248 e. The highest BCUT2D eigenvalue weighted by Gasteiger charge is 2.28. The van der Waals surface area contributed by atoms with Crippen molar-refractivity contribution in [3.63, 3.8) is 0 Å². The molecule has 0 aromatic rings. The molecule has 1 saturated carbocycles. The van der Waals surface area contributed by atoms with Gasteiger partial charge in [0.25, 0.3) is 0 Å². The normalized spacial score (nSPS) is 37.3. The van der Waals surface area contributed by atoms with Crippen molar-refractivity contribution >= 4 is 0 Å². The van der Waals surface area contributed by atoms with Crippen molar-refractivity contribution in [3.05, 3.63) is 0 Å². The Hall–Kier alpha value is -0.120. The molecule has 0 aromatic heterocycles. The van der Waals surface area contributed by atoms with E-state index in [1.165, 1.54) is 51.9 Å². The van der Waals surface area contributed by atoms with Crippen LogP contribution in [0.5, 0.6) is 0 Å². The third-order valence-electron chi connectivity index (χ3n) is 3.79. The third kappa shape index (κ3) is 2.27. The molecule has 1 heterocycles. The van der Waals surface area contributed by atoms with Gasteiger partial charge in [-0.15, -0.1) is 0 Å². The Labute approximate surface area is 87.2 Å². The topological polar surface area (TPSA) is 32.5 Å². The summed E-state index contributed by atoms with van der Waals surface area (Å²) in [6.07, 6.45) is 5.28. The molecule has 0 bridgehead atoms. The van der Waals surface area contributed by atoms with Crippen LogP contribution in [-0.4, -0.2) is 55.1 Å². The second-order valence-electron chi connectivity index (χ2n) is 4.85. The summed E-state index contributed by atoms with van der Waals surface area (Å²) < 4.78 is 0. The first-order valence-corrected chi connectivity index (χ1v) is 5.95. The van der Waals surface area contributed by atoms with Gasteiger partial charge in [-0.3, -0.25) is 4.90 Å². The first-order valence-electron chi connectivity index (χ1n) is 5.95. The number of likely N-dealkylation sites (N-methyl/N-ethyl adjacent to an activating group) is 1. The van der Waals surface area contributed by atoms with Crippen molar-refractivity contribution in [1.29, 1.82) is 0 Å². The maximum absolute atomic E-state index is 6.19. The first-order chi connectivity index (χ1) is 6.77. The van der Waals surface area contributed by atoms with E-state index in [4.69, 9.17) is 5.73 Å². The van der Waals surface area contributed by atoms with Crippen LogP contribution in [0.2, 0.25) is 0 Å². The molecule has 14 heavy (non-hydrogen) atoms. The van der Waals surface area contributed by atoms with E-state index in [0.717, 1.165) is 0 Å². The number of nitrogens with zero attached hydrogens (tertiary/aromatic N) is 2. The van der Waals surface area contributed by atoms with Crippen molar-refractivity contribution in [2.45, 2.75) is 37.8 Å². The van der Waals surface area contributed by atoms with Crippen LogP contribution >= 0.6 is 0 Å². The van der Waals surface area contributed by atoms with Gasteiger partial charge in [-0.05, 0) is 19.9 Å². The molecule has 1 aliphatic carbocycles. The highest BCUT2D eigenvalue weighted by molar-refractivity contribution is 4.87. The van der Waals surface area contributed by atoms with Gasteiger partial charge in [0, 0.05) is 38.3 Å². The van der Waals surface area contributed by atoms with Gasteiger partial charge in [-0.2, -0.15) is 0 Å². The summed E-state index contributed by atoms with van der Waals surface area (Å²) in [7, 11) is 2.21. The average Bonchev–Trinajstić information content (AvgIpc) is 2.20. The molecule has 2 fully saturated rings. The number of piperazine rings is 1. The fourth-order valence-corrected chi connectivity index (χ4v) is 2.75. The van der Waals surface area contributed by atoms with Crippen molar-refractivity contribution in [2.75, 3.05) is 33.2 Å². The van der Waals surface area contributed by atoms with Gasteiger partial charge < -0.3 is 10.6 Å². The minimum Gasteiger partial charge on any atom is -0.326 e. The van der Waals surface area contributed by atoms with Crippen LogP contribution in [0.3, 0.4) is 0 Å². The second kappa shape index (κ2) is 4.60. The van der Waals surface area contributed by atoms with Crippen molar-refractivity contribution in [2.24, 2.45) is 5.73 Å². The lowest BCUT2D eigenvalue weighted by atomic mass is 9.89. The molecule has 82 valence electrons. The van der Waals surface area contributed by atoms with Gasteiger partial charge >= 0.3 is 0 Å². The molecular formula is C11H23N3. The van der Waals surface area contributed by atoms with Crippen LogP contribution in [0.4, 0.5) is 0 Å². The van der Waals surface area contributed by atoms with E-state index in [1.54, 1.807) is 0 Å². The summed E-state index contributed by atoms with van der Waals surface area (Å²) in [6.45, 7) is 4.86. The van der Waals surface area contributed by atoms with Crippen LogP contribution in [-0.2, 0) is 0 Å². The van der Waals surface area contributed by atoms with E-state index in [9.17, 15) is 0 Å². The molecule has 2 N–H and O–H groups in total. The molecule has 0 spiro atoms. The number of nitrogens with two attached hydrogens (primary N) is 1. The van der Waals surface area contributed by atoms with E-state index >= 15 is 0 Å². The van der Waals surface area contributed by atoms with Gasteiger partial charge in [0.05, 0.1) is 0 Å². The van der Waals surface area contributed by atoms with Gasteiger partial charge in [0.2, 0.25) is 0 Å². The Bertz CT molecular complexity index is 175. The highest BCUT2D eigenvalue weighted by Crippen LogP contribution is 2.22. The largest absolute Gasteiger partial charge is 0.326 e. The Morgan fingerprint density at radius 2 is 1.64 bits per heavy atom. The molecule has 2 aliphatic rings. The molecule has 0 radical (unpaired) electrons. The summed E-state index contributed by atoms with van der Waals surface area (Å²) in [6, 6.07) is 1.12. The van der Waals surface area contributed by atoms with Crippen LogP contribution in [0.15, 0.2) is 0 Å². The summed E-state index contributed by atoms with van der Waals surface area (Å²) in [5.74, 6) is 0.